The first-order valence-electron chi connectivity index (χ1n) is 17.0. The minimum atomic E-state index is -2.75. The molecular formula is C37H60O6Si2. The highest BCUT2D eigenvalue weighted by Crippen LogP contribution is 2.43. The third-order valence-electron chi connectivity index (χ3n) is 10.4. The predicted molar refractivity (Wildman–Crippen MR) is 189 cm³/mol. The highest BCUT2D eigenvalue weighted by atomic mass is 28.4. The molecule has 0 unspecified atom stereocenters. The standard InChI is InChI=1S/C37H60O6Si2/c1-11-44(12-2,13-3)43-33(29(4)26-38)25-35-37(8,9)34(40-28-39-10)24-30(42-35)27-41-45(36(5,6)7,31-20-16-14-17-21-31)32-22-18-15-19-23-32/h14-23,26,29-30,33-35H,11-13,24-25,27-28H2,1-10H3/t29-,30-,33-,34+,35+/m0/s1. The summed E-state index contributed by atoms with van der Waals surface area (Å²) < 4.78 is 33.1. The Labute approximate surface area is 275 Å². The molecule has 0 aliphatic carbocycles. The van der Waals surface area contributed by atoms with Crippen LogP contribution in [-0.4, -0.2) is 67.8 Å². The van der Waals surface area contributed by atoms with Crippen molar-refractivity contribution in [3.05, 3.63) is 60.7 Å². The molecule has 0 bridgehead atoms. The summed E-state index contributed by atoms with van der Waals surface area (Å²) in [6, 6.07) is 24.6. The summed E-state index contributed by atoms with van der Waals surface area (Å²) in [7, 11) is -3.06. The van der Waals surface area contributed by atoms with Crippen LogP contribution in [0.3, 0.4) is 0 Å². The normalized spacial score (nSPS) is 22.1. The highest BCUT2D eigenvalue weighted by molar-refractivity contribution is 6.99. The van der Waals surface area contributed by atoms with Crippen molar-refractivity contribution in [2.24, 2.45) is 11.3 Å². The summed E-state index contributed by atoms with van der Waals surface area (Å²) in [5.74, 6) is -0.229. The van der Waals surface area contributed by atoms with Crippen LogP contribution in [0.2, 0.25) is 23.2 Å². The van der Waals surface area contributed by atoms with Gasteiger partial charge in [-0.05, 0) is 40.0 Å². The van der Waals surface area contributed by atoms with Crippen LogP contribution in [0.5, 0.6) is 0 Å². The maximum atomic E-state index is 12.2. The maximum absolute atomic E-state index is 12.2. The van der Waals surface area contributed by atoms with Crippen molar-refractivity contribution in [1.82, 2.24) is 0 Å². The van der Waals surface area contributed by atoms with Crippen LogP contribution in [0.4, 0.5) is 0 Å². The molecule has 1 fully saturated rings. The van der Waals surface area contributed by atoms with E-state index in [0.717, 1.165) is 24.4 Å². The van der Waals surface area contributed by atoms with Crippen molar-refractivity contribution in [3.8, 4) is 0 Å². The molecule has 5 atom stereocenters. The molecule has 0 amide bonds. The van der Waals surface area contributed by atoms with E-state index in [2.05, 4.69) is 116 Å². The largest absolute Gasteiger partial charge is 0.413 e. The van der Waals surface area contributed by atoms with Crippen molar-refractivity contribution < 1.29 is 27.9 Å². The third-order valence-corrected chi connectivity index (χ3v) is 20.0. The molecule has 0 saturated carbocycles. The Morgan fingerprint density at radius 1 is 0.956 bits per heavy atom. The highest BCUT2D eigenvalue weighted by Gasteiger charge is 2.52. The molecule has 252 valence electrons. The van der Waals surface area contributed by atoms with Crippen LogP contribution in [0, 0.1) is 11.3 Å². The van der Waals surface area contributed by atoms with E-state index in [9.17, 15) is 4.79 Å². The van der Waals surface area contributed by atoms with Gasteiger partial charge in [0, 0.05) is 24.9 Å². The zero-order valence-electron chi connectivity index (χ0n) is 29.6. The van der Waals surface area contributed by atoms with Gasteiger partial charge in [0.15, 0.2) is 8.32 Å². The summed E-state index contributed by atoms with van der Waals surface area (Å²) >= 11 is 0. The first kappa shape index (κ1) is 37.8. The van der Waals surface area contributed by atoms with E-state index in [0.29, 0.717) is 19.4 Å². The Morgan fingerprint density at radius 2 is 1.49 bits per heavy atom. The third kappa shape index (κ3) is 8.63. The van der Waals surface area contributed by atoms with Crippen LogP contribution < -0.4 is 10.4 Å². The Kier molecular flexibility index (Phi) is 13.8. The van der Waals surface area contributed by atoms with E-state index in [1.807, 2.05) is 6.92 Å². The summed E-state index contributed by atoms with van der Waals surface area (Å²) in [6.07, 6.45) is 1.67. The molecule has 1 aliphatic rings. The topological polar surface area (TPSA) is 63.2 Å². The van der Waals surface area contributed by atoms with Gasteiger partial charge >= 0.3 is 0 Å². The van der Waals surface area contributed by atoms with E-state index in [4.69, 9.17) is 23.1 Å². The van der Waals surface area contributed by atoms with Gasteiger partial charge in [-0.3, -0.25) is 0 Å². The summed E-state index contributed by atoms with van der Waals surface area (Å²) in [4.78, 5) is 12.2. The first-order valence-corrected chi connectivity index (χ1v) is 21.4. The monoisotopic (exact) mass is 656 g/mol. The number of ether oxygens (including phenoxy) is 3. The molecule has 1 aliphatic heterocycles. The Bertz CT molecular complexity index is 1100. The molecule has 0 N–H and O–H groups in total. The number of methoxy groups -OCH3 is 1. The number of carbonyl (C=O) groups is 1. The molecule has 0 radical (unpaired) electrons. The fourth-order valence-electron chi connectivity index (χ4n) is 7.08. The van der Waals surface area contributed by atoms with E-state index < -0.39 is 16.6 Å². The van der Waals surface area contributed by atoms with Crippen LogP contribution in [0.25, 0.3) is 0 Å². The number of carbonyl (C=O) groups excluding carboxylic acids is 1. The molecule has 1 heterocycles. The van der Waals surface area contributed by atoms with E-state index in [1.54, 1.807) is 7.11 Å². The van der Waals surface area contributed by atoms with Crippen molar-refractivity contribution in [2.45, 2.75) is 123 Å². The molecule has 6 nitrogen and oxygen atoms in total. The molecule has 0 aromatic heterocycles. The van der Waals surface area contributed by atoms with E-state index in [-0.39, 0.29) is 47.6 Å². The predicted octanol–water partition coefficient (Wildman–Crippen LogP) is 7.35. The minimum absolute atomic E-state index is 0.110. The lowest BCUT2D eigenvalue weighted by molar-refractivity contribution is -0.222. The van der Waals surface area contributed by atoms with E-state index in [1.165, 1.54) is 10.4 Å². The van der Waals surface area contributed by atoms with Crippen LogP contribution >= 0.6 is 0 Å². The molecular weight excluding hydrogens is 597 g/mol. The van der Waals surface area contributed by atoms with Gasteiger partial charge in [-0.25, -0.2) is 0 Å². The number of hydrogen-bond donors (Lipinski definition) is 0. The number of hydrogen-bond acceptors (Lipinski definition) is 6. The smallest absolute Gasteiger partial charge is 0.261 e. The Balaban J connectivity index is 2.00. The van der Waals surface area contributed by atoms with E-state index >= 15 is 0 Å². The average Bonchev–Trinajstić information content (AvgIpc) is 3.04. The van der Waals surface area contributed by atoms with Crippen LogP contribution in [0.1, 0.15) is 75.2 Å². The average molecular weight is 657 g/mol. The zero-order valence-corrected chi connectivity index (χ0v) is 31.6. The summed E-state index contributed by atoms with van der Waals surface area (Å²) in [5, 5.41) is 2.36. The Hall–Kier alpha value is -1.66. The fraction of sp³-hybridized carbons (Fsp3) is 0.649. The fourth-order valence-corrected chi connectivity index (χ4v) is 14.6. The molecule has 3 rings (SSSR count). The molecule has 2 aromatic rings. The van der Waals surface area contributed by atoms with Gasteiger partial charge in [0.2, 0.25) is 0 Å². The van der Waals surface area contributed by atoms with Crippen molar-refractivity contribution >= 4 is 33.3 Å². The molecule has 45 heavy (non-hydrogen) atoms. The van der Waals surface area contributed by atoms with Gasteiger partial charge in [-0.2, -0.15) is 0 Å². The van der Waals surface area contributed by atoms with Crippen LogP contribution in [0.15, 0.2) is 60.7 Å². The number of aldehydes is 1. The lowest BCUT2D eigenvalue weighted by Crippen LogP contribution is -2.67. The second-order valence-corrected chi connectivity index (χ2v) is 23.5. The van der Waals surface area contributed by atoms with Gasteiger partial charge in [-0.15, -0.1) is 0 Å². The molecule has 0 spiro atoms. The van der Waals surface area contributed by atoms with Gasteiger partial charge in [0.05, 0.1) is 31.0 Å². The second-order valence-electron chi connectivity index (χ2n) is 14.5. The molecule has 8 heteroatoms. The zero-order chi connectivity index (χ0) is 33.3. The van der Waals surface area contributed by atoms with Gasteiger partial charge in [0.1, 0.15) is 13.1 Å². The number of rotatable bonds is 17. The summed E-state index contributed by atoms with van der Waals surface area (Å²) in [5.41, 5.74) is -0.328. The van der Waals surface area contributed by atoms with Crippen molar-refractivity contribution in [2.75, 3.05) is 20.5 Å². The van der Waals surface area contributed by atoms with Crippen molar-refractivity contribution in [3.63, 3.8) is 0 Å². The van der Waals surface area contributed by atoms with Gasteiger partial charge < -0.3 is 27.9 Å². The minimum Gasteiger partial charge on any atom is -0.413 e. The van der Waals surface area contributed by atoms with Crippen molar-refractivity contribution in [1.29, 1.82) is 0 Å². The summed E-state index contributed by atoms with van der Waals surface area (Å²) in [6.45, 7) is 20.7. The maximum Gasteiger partial charge on any atom is 0.261 e. The molecule has 1 saturated heterocycles. The lowest BCUT2D eigenvalue weighted by Gasteiger charge is -2.50. The number of benzene rings is 2. The molecule has 2 aromatic carbocycles. The van der Waals surface area contributed by atoms with Crippen LogP contribution in [-0.2, 0) is 27.9 Å². The second kappa shape index (κ2) is 16.4. The lowest BCUT2D eigenvalue weighted by atomic mass is 9.73. The SMILES string of the molecule is CC[Si](CC)(CC)O[C@@H](C[C@H]1O[C@H](CO[Si](c2ccccc2)(c2ccccc2)C(C)(C)C)C[C@@H](OCOC)C1(C)C)[C@@H](C)C=O. The van der Waals surface area contributed by atoms with Gasteiger partial charge in [-0.1, -0.05) is 123 Å². The Morgan fingerprint density at radius 3 is 1.93 bits per heavy atom. The first-order chi connectivity index (χ1) is 21.3. The van der Waals surface area contributed by atoms with Gasteiger partial charge in [0.25, 0.3) is 8.32 Å². The quantitative estimate of drug-likeness (QED) is 0.101.